The first-order valence-corrected chi connectivity index (χ1v) is 29.2. The van der Waals surface area contributed by atoms with Crippen molar-refractivity contribution in [3.05, 3.63) is 121 Å². The molecule has 0 saturated heterocycles. The van der Waals surface area contributed by atoms with Crippen LogP contribution in [-0.2, 0) is 56.9 Å². The molecule has 1 unspecified atom stereocenters. The van der Waals surface area contributed by atoms with Gasteiger partial charge >= 0.3 is 54.0 Å². The molecule has 0 aliphatic heterocycles. The van der Waals surface area contributed by atoms with E-state index < -0.39 is 23.8 Å². The van der Waals surface area contributed by atoms with Gasteiger partial charge in [0.1, 0.15) is 0 Å². The number of carbonyl (C=O) groups excluding carboxylic acids is 2. The summed E-state index contributed by atoms with van der Waals surface area (Å²) in [5.74, 6) is 0. The first kappa shape index (κ1) is 57.3. The van der Waals surface area contributed by atoms with E-state index in [9.17, 15) is 0 Å². The van der Waals surface area contributed by atoms with Crippen LogP contribution in [0.1, 0.15) is 66.8 Å². The topological polar surface area (TPSA) is 62.3 Å². The number of hydrogen-bond donors (Lipinski definition) is 1. The predicted molar refractivity (Wildman–Crippen MR) is 254 cm³/mol. The molecule has 312 valence electrons. The third-order valence-corrected chi connectivity index (χ3v) is 18.5. The second-order valence-corrected chi connectivity index (χ2v) is 24.4. The Labute approximate surface area is 373 Å². The molecule has 1 atom stereocenters. The molecule has 0 saturated carbocycles. The molecular formula is C44H69Cl2N3O2P3Ru2+5. The average Bonchev–Trinajstić information content (AvgIpc) is 3.23. The summed E-state index contributed by atoms with van der Waals surface area (Å²) < 4.78 is 0. The summed E-state index contributed by atoms with van der Waals surface area (Å²) in [4.78, 5) is 22.9. The Bertz CT molecular complexity index is 1430. The van der Waals surface area contributed by atoms with Crippen LogP contribution in [0.2, 0.25) is 0 Å². The fourth-order valence-electron chi connectivity index (χ4n) is 6.44. The van der Waals surface area contributed by atoms with Gasteiger partial charge in [0, 0.05) is 35.5 Å². The molecule has 0 aliphatic carbocycles. The van der Waals surface area contributed by atoms with Crippen LogP contribution in [0.4, 0.5) is 0 Å². The van der Waals surface area contributed by atoms with Crippen molar-refractivity contribution < 1.29 is 44.2 Å². The SMILES string of the molecule is CCN(CC)Cc1cccc(C[PH+](C(C)(C)C)C(C)(C)C)n1.C[PH+](CCNCC[PH+](c1ccccc1)c1ccccc1)c1ccccc1.[CH-]=O.[CH-]=O.[Cl][RuH+2].[Cl][RuH+2]. The Balaban J connectivity index is 0. The Morgan fingerprint density at radius 3 is 1.41 bits per heavy atom. The van der Waals surface area contributed by atoms with Crippen molar-refractivity contribution in [2.24, 2.45) is 0 Å². The van der Waals surface area contributed by atoms with E-state index in [0.29, 0.717) is 10.3 Å². The molecule has 1 heterocycles. The Kier molecular flexibility index (Phi) is 35.8. The molecular weight excluding hydrogens is 968 g/mol. The van der Waals surface area contributed by atoms with Gasteiger partial charge in [0.05, 0.1) is 70.7 Å². The van der Waals surface area contributed by atoms with Gasteiger partial charge in [-0.25, -0.2) is 0 Å². The van der Waals surface area contributed by atoms with E-state index in [4.69, 9.17) is 14.6 Å². The van der Waals surface area contributed by atoms with Crippen LogP contribution in [0.3, 0.4) is 0 Å². The zero-order chi connectivity index (χ0) is 43.0. The molecule has 12 heteroatoms. The van der Waals surface area contributed by atoms with Crippen molar-refractivity contribution >= 4 is 72.6 Å². The van der Waals surface area contributed by atoms with Crippen LogP contribution < -0.4 is 21.2 Å². The van der Waals surface area contributed by atoms with Gasteiger partial charge < -0.3 is 14.9 Å². The van der Waals surface area contributed by atoms with Gasteiger partial charge in [-0.05, 0) is 103 Å². The molecule has 0 spiro atoms. The van der Waals surface area contributed by atoms with Crippen LogP contribution in [-0.4, -0.2) is 78.9 Å². The first-order valence-electron chi connectivity index (χ1n) is 18.8. The summed E-state index contributed by atoms with van der Waals surface area (Å²) in [5.41, 5.74) is 2.49. The summed E-state index contributed by atoms with van der Waals surface area (Å²) in [6.45, 7) is 33.1. The van der Waals surface area contributed by atoms with E-state index in [-0.39, 0.29) is 0 Å². The molecule has 0 bridgehead atoms. The fourth-order valence-corrected chi connectivity index (χ4v) is 14.4. The van der Waals surface area contributed by atoms with Crippen molar-refractivity contribution in [2.75, 3.05) is 45.2 Å². The number of hydrogen-bond acceptors (Lipinski definition) is 5. The number of aromatic nitrogens is 1. The van der Waals surface area contributed by atoms with Gasteiger partial charge in [-0.15, -0.1) is 0 Å². The van der Waals surface area contributed by atoms with Gasteiger partial charge in [0.2, 0.25) is 0 Å². The summed E-state index contributed by atoms with van der Waals surface area (Å²) >= 11 is 3.24. The zero-order valence-corrected chi connectivity index (χ0v) is 43.2. The number of rotatable bonds is 15. The van der Waals surface area contributed by atoms with Crippen LogP contribution >= 0.6 is 43.1 Å². The minimum absolute atomic E-state index is 0.388. The monoisotopic (exact) mass is 1040 g/mol. The molecule has 4 rings (SSSR count). The standard InChI is InChI=1S/C23H27NP2.C19H35N2P.2CHO.2ClH.2Ru.2H/c1-25(21-11-5-2-6-12-21)19-17-24-18-20-26(22-13-7-3-8-14-22)23-15-9-4-10-16-23;1-9-21(10-2)14-16-12-11-13-17(20-16)15-22(18(3,4)5)19(6,7)8;2*1-2;;;;;;/h2-16,24H,17-20H2,1H3;11-13H,9-10,14-15H2,1-8H3;2*1H;2*1H;;;;/q;;2*-1;;;2*+3;;/p+1. The second kappa shape index (κ2) is 35.0. The summed E-state index contributed by atoms with van der Waals surface area (Å²) in [5, 5.41) is 9.04. The fraction of sp³-hybridized carbons (Fsp3) is 0.432. The third kappa shape index (κ3) is 24.3. The number of benzene rings is 3. The molecule has 5 nitrogen and oxygen atoms in total. The van der Waals surface area contributed by atoms with Gasteiger partial charge in [0.25, 0.3) is 0 Å². The summed E-state index contributed by atoms with van der Waals surface area (Å²) in [6, 6.07) is 39.6. The maximum atomic E-state index is 7.75. The number of halogens is 2. The van der Waals surface area contributed by atoms with Gasteiger partial charge in [-0.3, -0.25) is 23.5 Å². The molecule has 1 N–H and O–H groups in total. The molecule has 1 aromatic heterocycles. The minimum atomic E-state index is -0.706. The third-order valence-electron chi connectivity index (χ3n) is 9.05. The van der Waals surface area contributed by atoms with E-state index in [1.54, 1.807) is 34.6 Å². The van der Waals surface area contributed by atoms with E-state index >= 15 is 0 Å². The van der Waals surface area contributed by atoms with Gasteiger partial charge in [-0.2, -0.15) is 0 Å². The van der Waals surface area contributed by atoms with Crippen molar-refractivity contribution in [1.82, 2.24) is 15.2 Å². The van der Waals surface area contributed by atoms with E-state index in [2.05, 4.69) is 214 Å². The zero-order valence-electron chi connectivity index (χ0n) is 34.9. The molecule has 0 radical (unpaired) electrons. The average molecular weight is 1040 g/mol. The molecule has 56 heavy (non-hydrogen) atoms. The molecule has 3 aromatic carbocycles. The first-order chi connectivity index (χ1) is 26.9. The molecule has 0 fully saturated rings. The maximum absolute atomic E-state index is 7.75. The molecule has 0 amide bonds. The van der Waals surface area contributed by atoms with Gasteiger partial charge in [-0.1, -0.05) is 74.5 Å². The molecule has 4 aromatic rings. The number of nitrogens with one attached hydrogen (secondary N) is 1. The predicted octanol–water partition coefficient (Wildman–Crippen LogP) is 9.14. The Hall–Kier alpha value is -0.813. The normalized spacial score (nSPS) is 11.2. The van der Waals surface area contributed by atoms with E-state index in [1.165, 1.54) is 39.6 Å². The van der Waals surface area contributed by atoms with E-state index in [0.717, 1.165) is 38.9 Å². The van der Waals surface area contributed by atoms with E-state index in [1.807, 2.05) is 0 Å². The number of pyridine rings is 1. The molecule has 0 aliphatic rings. The van der Waals surface area contributed by atoms with Crippen molar-refractivity contribution in [2.45, 2.75) is 78.4 Å². The summed E-state index contributed by atoms with van der Waals surface area (Å²) in [7, 11) is 7.53. The second-order valence-electron chi connectivity index (χ2n) is 14.8. The van der Waals surface area contributed by atoms with Crippen LogP contribution in [0.5, 0.6) is 0 Å². The van der Waals surface area contributed by atoms with Crippen molar-refractivity contribution in [3.63, 3.8) is 0 Å². The quantitative estimate of drug-likeness (QED) is 0.0424. The van der Waals surface area contributed by atoms with Gasteiger partial charge in [0.15, 0.2) is 0 Å². The van der Waals surface area contributed by atoms with Crippen molar-refractivity contribution in [1.29, 1.82) is 0 Å². The number of nitrogens with zero attached hydrogens (tertiary/aromatic N) is 2. The Morgan fingerprint density at radius 2 is 1.00 bits per heavy atom. The Morgan fingerprint density at radius 1 is 0.607 bits per heavy atom. The van der Waals surface area contributed by atoms with Crippen LogP contribution in [0.15, 0.2) is 109 Å². The summed E-state index contributed by atoms with van der Waals surface area (Å²) in [6.07, 6.45) is 3.67. The van der Waals surface area contributed by atoms with Crippen LogP contribution in [0.25, 0.3) is 0 Å². The van der Waals surface area contributed by atoms with Crippen LogP contribution in [0, 0.1) is 0 Å². The van der Waals surface area contributed by atoms with Crippen molar-refractivity contribution in [3.8, 4) is 0 Å².